The fourth-order valence-electron chi connectivity index (χ4n) is 2.46. The number of hydrogen-bond acceptors (Lipinski definition) is 2. The van der Waals surface area contributed by atoms with Crippen molar-refractivity contribution in [2.75, 3.05) is 0 Å². The van der Waals surface area contributed by atoms with E-state index in [4.69, 9.17) is 17.3 Å². The molecule has 1 unspecified atom stereocenters. The van der Waals surface area contributed by atoms with Crippen LogP contribution in [0.5, 0.6) is 0 Å². The molecule has 100 valence electrons. The van der Waals surface area contributed by atoms with Crippen LogP contribution in [0, 0.1) is 5.82 Å². The highest BCUT2D eigenvalue weighted by Crippen LogP contribution is 2.38. The lowest BCUT2D eigenvalue weighted by molar-refractivity contribution is -0.0364. The first kappa shape index (κ1) is 13.7. The molecule has 1 aromatic carbocycles. The maximum Gasteiger partial charge on any atom is 0.125 e. The average Bonchev–Trinajstić information content (AvgIpc) is 2.31. The highest BCUT2D eigenvalue weighted by atomic mass is 35.5. The molecular weight excluding hydrogens is 260 g/mol. The molecule has 0 spiro atoms. The molecule has 2 nitrogen and oxygen atoms in total. The van der Waals surface area contributed by atoms with Crippen LogP contribution in [0.15, 0.2) is 18.2 Å². The fraction of sp³-hybridized carbons (Fsp3) is 0.538. The molecule has 2 rings (SSSR count). The number of aliphatic hydroxyl groups is 1. The Morgan fingerprint density at radius 2 is 1.94 bits per heavy atom. The van der Waals surface area contributed by atoms with Crippen molar-refractivity contribution in [2.45, 2.75) is 43.5 Å². The Balaban J connectivity index is 2.22. The molecule has 0 amide bonds. The predicted octanol–water partition coefficient (Wildman–Crippen LogP) is 3.12. The van der Waals surface area contributed by atoms with Gasteiger partial charge in [0.1, 0.15) is 12.0 Å². The van der Waals surface area contributed by atoms with Crippen molar-refractivity contribution in [1.82, 2.24) is 0 Å². The van der Waals surface area contributed by atoms with E-state index in [9.17, 15) is 13.9 Å². The predicted molar refractivity (Wildman–Crippen MR) is 66.7 cm³/mol. The first-order valence-electron chi connectivity index (χ1n) is 5.99. The van der Waals surface area contributed by atoms with Gasteiger partial charge < -0.3 is 10.8 Å². The minimum Gasteiger partial charge on any atom is -0.388 e. The van der Waals surface area contributed by atoms with Gasteiger partial charge in [0.2, 0.25) is 0 Å². The van der Waals surface area contributed by atoms with Crippen LogP contribution in [0.4, 0.5) is 8.78 Å². The van der Waals surface area contributed by atoms with Crippen molar-refractivity contribution in [1.29, 1.82) is 0 Å². The Kier molecular flexibility index (Phi) is 3.90. The van der Waals surface area contributed by atoms with E-state index >= 15 is 0 Å². The Morgan fingerprint density at radius 3 is 2.50 bits per heavy atom. The lowest BCUT2D eigenvalue weighted by Gasteiger charge is -2.38. The van der Waals surface area contributed by atoms with E-state index in [1.807, 2.05) is 0 Å². The summed E-state index contributed by atoms with van der Waals surface area (Å²) in [4.78, 5) is 0. The summed E-state index contributed by atoms with van der Waals surface area (Å²) < 4.78 is 26.3. The van der Waals surface area contributed by atoms with Gasteiger partial charge in [0.15, 0.2) is 0 Å². The third kappa shape index (κ3) is 2.82. The van der Waals surface area contributed by atoms with Crippen LogP contribution in [-0.4, -0.2) is 16.9 Å². The third-order valence-electron chi connectivity index (χ3n) is 3.60. The molecule has 1 saturated carbocycles. The standard InChI is InChI=1S/C13H16ClF2NO/c14-9-5-8(6-11(16)7-9)12(17)13(18)3-1-10(15)2-4-13/h5-7,10,12,18H,1-4,17H2/t10-,12?,13-. The van der Waals surface area contributed by atoms with Crippen LogP contribution < -0.4 is 5.73 Å². The summed E-state index contributed by atoms with van der Waals surface area (Å²) in [6, 6.07) is 3.23. The molecular formula is C13H16ClF2NO. The number of nitrogens with two attached hydrogens (primary N) is 1. The van der Waals surface area contributed by atoms with E-state index < -0.39 is 23.6 Å². The molecule has 3 N–H and O–H groups in total. The minimum absolute atomic E-state index is 0.239. The van der Waals surface area contributed by atoms with E-state index in [1.54, 1.807) is 0 Å². The Bertz CT molecular complexity index is 413. The second-order valence-electron chi connectivity index (χ2n) is 4.96. The van der Waals surface area contributed by atoms with Crippen molar-refractivity contribution in [3.8, 4) is 0 Å². The Hall–Kier alpha value is -0.710. The zero-order valence-electron chi connectivity index (χ0n) is 9.87. The number of alkyl halides is 1. The molecule has 1 aliphatic carbocycles. The SMILES string of the molecule is NC(c1cc(F)cc(Cl)c1)[C@]1(O)CC[C@H](F)CC1. The fourth-order valence-corrected chi connectivity index (χ4v) is 2.69. The summed E-state index contributed by atoms with van der Waals surface area (Å²) in [6.45, 7) is 0. The maximum absolute atomic E-state index is 13.3. The van der Waals surface area contributed by atoms with Crippen LogP contribution in [-0.2, 0) is 0 Å². The molecule has 1 atom stereocenters. The second-order valence-corrected chi connectivity index (χ2v) is 5.40. The largest absolute Gasteiger partial charge is 0.388 e. The summed E-state index contributed by atoms with van der Waals surface area (Å²) in [6.07, 6.45) is 0.251. The van der Waals surface area contributed by atoms with E-state index in [-0.39, 0.29) is 30.7 Å². The van der Waals surface area contributed by atoms with Gasteiger partial charge in [0, 0.05) is 5.02 Å². The summed E-state index contributed by atoms with van der Waals surface area (Å²) in [5.41, 5.74) is 5.25. The van der Waals surface area contributed by atoms with Crippen LogP contribution in [0.1, 0.15) is 37.3 Å². The third-order valence-corrected chi connectivity index (χ3v) is 3.82. The molecule has 0 heterocycles. The smallest absolute Gasteiger partial charge is 0.125 e. The second kappa shape index (κ2) is 5.11. The highest BCUT2D eigenvalue weighted by molar-refractivity contribution is 6.30. The van der Waals surface area contributed by atoms with Crippen LogP contribution >= 0.6 is 11.6 Å². The van der Waals surface area contributed by atoms with Gasteiger partial charge in [0.05, 0.1) is 11.6 Å². The summed E-state index contributed by atoms with van der Waals surface area (Å²) in [5.74, 6) is -0.490. The molecule has 1 aliphatic rings. The lowest BCUT2D eigenvalue weighted by Crippen LogP contribution is -2.44. The Morgan fingerprint density at radius 1 is 1.33 bits per heavy atom. The van der Waals surface area contributed by atoms with Gasteiger partial charge in [-0.1, -0.05) is 11.6 Å². The van der Waals surface area contributed by atoms with E-state index in [0.717, 1.165) is 0 Å². The zero-order chi connectivity index (χ0) is 13.3. The van der Waals surface area contributed by atoms with Gasteiger partial charge in [-0.2, -0.15) is 0 Å². The molecule has 5 heteroatoms. The normalized spacial score (nSPS) is 30.2. The van der Waals surface area contributed by atoms with E-state index in [2.05, 4.69) is 0 Å². The topological polar surface area (TPSA) is 46.2 Å². The van der Waals surface area contributed by atoms with Gasteiger partial charge in [0.25, 0.3) is 0 Å². The van der Waals surface area contributed by atoms with Crippen molar-refractivity contribution in [3.63, 3.8) is 0 Å². The van der Waals surface area contributed by atoms with Gasteiger partial charge >= 0.3 is 0 Å². The number of halogens is 3. The zero-order valence-corrected chi connectivity index (χ0v) is 10.6. The van der Waals surface area contributed by atoms with Crippen molar-refractivity contribution >= 4 is 11.6 Å². The number of benzene rings is 1. The van der Waals surface area contributed by atoms with E-state index in [0.29, 0.717) is 5.56 Å². The quantitative estimate of drug-likeness (QED) is 0.871. The summed E-state index contributed by atoms with van der Waals surface area (Å²) in [7, 11) is 0. The maximum atomic E-state index is 13.3. The van der Waals surface area contributed by atoms with Crippen molar-refractivity contribution in [3.05, 3.63) is 34.6 Å². The van der Waals surface area contributed by atoms with Gasteiger partial charge in [-0.05, 0) is 49.4 Å². The highest BCUT2D eigenvalue weighted by Gasteiger charge is 2.39. The van der Waals surface area contributed by atoms with Gasteiger partial charge in [-0.25, -0.2) is 8.78 Å². The first-order chi connectivity index (χ1) is 8.40. The van der Waals surface area contributed by atoms with Gasteiger partial charge in [-0.3, -0.25) is 0 Å². The van der Waals surface area contributed by atoms with Crippen LogP contribution in [0.3, 0.4) is 0 Å². The van der Waals surface area contributed by atoms with Crippen LogP contribution in [0.25, 0.3) is 0 Å². The summed E-state index contributed by atoms with van der Waals surface area (Å²) >= 11 is 5.76. The Labute approximate surface area is 110 Å². The van der Waals surface area contributed by atoms with Gasteiger partial charge in [-0.15, -0.1) is 0 Å². The molecule has 0 aliphatic heterocycles. The number of hydrogen-bond donors (Lipinski definition) is 2. The molecule has 0 bridgehead atoms. The van der Waals surface area contributed by atoms with Crippen molar-refractivity contribution < 1.29 is 13.9 Å². The molecule has 0 aromatic heterocycles. The number of rotatable bonds is 2. The molecule has 1 fully saturated rings. The molecule has 18 heavy (non-hydrogen) atoms. The minimum atomic E-state index is -1.18. The van der Waals surface area contributed by atoms with Crippen molar-refractivity contribution in [2.24, 2.45) is 5.73 Å². The van der Waals surface area contributed by atoms with E-state index in [1.165, 1.54) is 18.2 Å². The first-order valence-corrected chi connectivity index (χ1v) is 6.36. The lowest BCUT2D eigenvalue weighted by atomic mass is 9.77. The monoisotopic (exact) mass is 275 g/mol. The molecule has 1 aromatic rings. The molecule has 0 saturated heterocycles. The van der Waals surface area contributed by atoms with Crippen LogP contribution in [0.2, 0.25) is 5.02 Å². The average molecular weight is 276 g/mol. The molecule has 0 radical (unpaired) electrons. The summed E-state index contributed by atoms with van der Waals surface area (Å²) in [5, 5.41) is 10.7.